The zero-order valence-electron chi connectivity index (χ0n) is 34.4. The van der Waals surface area contributed by atoms with Gasteiger partial charge >= 0.3 is 10.3 Å². The largest absolute Gasteiger partial charge is 0.744 e. The number of hydrogen-bond donors (Lipinski definition) is 0. The fraction of sp³-hybridized carbons (Fsp3) is 0.286. The van der Waals surface area contributed by atoms with Crippen LogP contribution in [0.5, 0.6) is 0 Å². The number of aromatic nitrogens is 2. The van der Waals surface area contributed by atoms with Gasteiger partial charge in [-0.15, -0.1) is 0 Å². The van der Waals surface area contributed by atoms with Gasteiger partial charge in [-0.1, -0.05) is 36.4 Å². The summed E-state index contributed by atoms with van der Waals surface area (Å²) in [5.41, 5.74) is 5.08. The summed E-state index contributed by atoms with van der Waals surface area (Å²) >= 11 is 3.20. The van der Waals surface area contributed by atoms with Crippen molar-refractivity contribution in [2.45, 2.75) is 63.4 Å². The minimum absolute atomic E-state index is 0.139. The molecular weight excluding hydrogens is 841 g/mol. The summed E-state index contributed by atoms with van der Waals surface area (Å²) in [5, 5.41) is 23.5. The van der Waals surface area contributed by atoms with Crippen molar-refractivity contribution in [2.75, 3.05) is 37.0 Å². The molecule has 0 saturated carbocycles. The normalized spacial score (nSPS) is 11.5. The van der Waals surface area contributed by atoms with Crippen LogP contribution in [0.3, 0.4) is 0 Å². The molecule has 0 atom stereocenters. The Hall–Kier alpha value is -5.24. The molecule has 6 aromatic rings. The minimum atomic E-state index is -4.28. The van der Waals surface area contributed by atoms with Crippen LogP contribution in [0.2, 0.25) is 0 Å². The zero-order valence-corrected chi connectivity index (χ0v) is 37.7. The molecule has 4 aromatic carbocycles. The number of thiazole rings is 2. The van der Waals surface area contributed by atoms with Crippen molar-refractivity contribution in [1.82, 2.24) is 0 Å². The summed E-state index contributed by atoms with van der Waals surface area (Å²) in [6.45, 7) is 11.2. The van der Waals surface area contributed by atoms with Gasteiger partial charge in [-0.2, -0.15) is 0 Å². The molecule has 0 radical (unpaired) electrons. The van der Waals surface area contributed by atoms with Crippen LogP contribution in [0.4, 0.5) is 33.0 Å². The second kappa shape index (κ2) is 22.9. The van der Waals surface area contributed by atoms with Gasteiger partial charge in [-0.05, 0) is 145 Å². The molecule has 6 rings (SSSR count). The number of hydrogen-bond acceptors (Lipinski definition) is 14. The van der Waals surface area contributed by atoms with E-state index in [9.17, 15) is 25.9 Å². The van der Waals surface area contributed by atoms with Crippen LogP contribution in [0.1, 0.15) is 37.8 Å². The van der Waals surface area contributed by atoms with Crippen molar-refractivity contribution in [3.63, 3.8) is 0 Å². The molecule has 0 aliphatic rings. The van der Waals surface area contributed by atoms with Crippen LogP contribution < -0.4 is 18.9 Å². The molecule has 60 heavy (non-hydrogen) atoms. The molecule has 0 amide bonds. The summed E-state index contributed by atoms with van der Waals surface area (Å²) in [7, 11) is -4.29. The standard InChI is InChI=1S/C28H36N8S2.2C7H8O3S/c1-5-35-19-21-37-27(35)31-29-23-9-13-25(14-10-23)33(3)17-7-8-18-34(4)26-15-11-24(12-16-26)30-32-28-36(6-2)20-22-38-28;2*1-6-4-2-3-5-7(6)11(8,9)10/h9-16,19-22H,5-8,17-18H2,1-4H3;2*2-5H,1H3,(H,8,9,10)/q+2;;/p-2. The smallest absolute Gasteiger partial charge is 0.408 e. The summed E-state index contributed by atoms with van der Waals surface area (Å²) in [4.78, 5) is 4.31. The number of aryl methyl sites for hydroxylation is 4. The maximum Gasteiger partial charge on any atom is 0.408 e. The van der Waals surface area contributed by atoms with Gasteiger partial charge in [0.25, 0.3) is 0 Å². The summed E-state index contributed by atoms with van der Waals surface area (Å²) in [6.07, 6.45) is 6.30. The van der Waals surface area contributed by atoms with Crippen molar-refractivity contribution >= 4 is 75.9 Å². The number of azo groups is 2. The van der Waals surface area contributed by atoms with E-state index < -0.39 is 20.2 Å². The van der Waals surface area contributed by atoms with E-state index in [1.807, 2.05) is 47.4 Å². The maximum absolute atomic E-state index is 10.5. The highest BCUT2D eigenvalue weighted by Gasteiger charge is 2.12. The second-order valence-electron chi connectivity index (χ2n) is 13.4. The Morgan fingerprint density at radius 3 is 1.20 bits per heavy atom. The first-order valence-electron chi connectivity index (χ1n) is 19.0. The molecule has 0 spiro atoms. The molecule has 0 saturated heterocycles. The van der Waals surface area contributed by atoms with Crippen LogP contribution >= 0.6 is 22.7 Å². The van der Waals surface area contributed by atoms with E-state index in [1.165, 1.54) is 35.6 Å². The van der Waals surface area contributed by atoms with Crippen LogP contribution in [-0.2, 0) is 33.3 Å². The van der Waals surface area contributed by atoms with Gasteiger partial charge in [0.05, 0.1) is 33.1 Å². The molecule has 14 nitrogen and oxygen atoms in total. The third kappa shape index (κ3) is 14.8. The maximum atomic E-state index is 10.5. The van der Waals surface area contributed by atoms with Gasteiger partial charge in [0, 0.05) is 49.3 Å². The van der Waals surface area contributed by atoms with E-state index in [-0.39, 0.29) is 9.79 Å². The van der Waals surface area contributed by atoms with Crippen molar-refractivity contribution in [3.05, 3.63) is 131 Å². The average molecular weight is 891 g/mol. The van der Waals surface area contributed by atoms with E-state index in [2.05, 4.69) is 91.6 Å². The lowest BCUT2D eigenvalue weighted by molar-refractivity contribution is -0.677. The molecular formula is C42H50N8O6S4. The molecule has 0 bridgehead atoms. The summed E-state index contributed by atoms with van der Waals surface area (Å²) < 4.78 is 67.2. The van der Waals surface area contributed by atoms with Crippen molar-refractivity contribution < 1.29 is 35.1 Å². The second-order valence-corrected chi connectivity index (χ2v) is 17.8. The van der Waals surface area contributed by atoms with Gasteiger partial charge < -0.3 is 18.9 Å². The highest BCUT2D eigenvalue weighted by molar-refractivity contribution is 7.86. The van der Waals surface area contributed by atoms with Gasteiger partial charge in [0.1, 0.15) is 44.0 Å². The van der Waals surface area contributed by atoms with Crippen LogP contribution in [0.25, 0.3) is 0 Å². The minimum Gasteiger partial charge on any atom is -0.744 e. The lowest BCUT2D eigenvalue weighted by Gasteiger charge is -2.22. The van der Waals surface area contributed by atoms with Gasteiger partial charge in [0.15, 0.2) is 0 Å². The predicted octanol–water partition coefficient (Wildman–Crippen LogP) is 9.41. The molecule has 2 aromatic heterocycles. The van der Waals surface area contributed by atoms with Crippen LogP contribution in [0.15, 0.2) is 150 Å². The molecule has 0 unspecified atom stereocenters. The molecule has 2 heterocycles. The predicted molar refractivity (Wildman–Crippen MR) is 236 cm³/mol. The number of anilines is 2. The third-order valence-electron chi connectivity index (χ3n) is 9.05. The summed E-state index contributed by atoms with van der Waals surface area (Å²) in [6, 6.07) is 28.8. The lowest BCUT2D eigenvalue weighted by atomic mass is 10.2. The van der Waals surface area contributed by atoms with Crippen molar-refractivity contribution in [2.24, 2.45) is 20.5 Å². The molecule has 318 valence electrons. The number of nitrogens with zero attached hydrogens (tertiary/aromatic N) is 8. The fourth-order valence-electron chi connectivity index (χ4n) is 5.61. The Morgan fingerprint density at radius 1 is 0.550 bits per heavy atom. The van der Waals surface area contributed by atoms with Gasteiger partial charge in [0.2, 0.25) is 0 Å². The highest BCUT2D eigenvalue weighted by atomic mass is 32.2. The first-order valence-corrected chi connectivity index (χ1v) is 23.6. The Morgan fingerprint density at radius 2 is 0.900 bits per heavy atom. The van der Waals surface area contributed by atoms with Gasteiger partial charge in [-0.3, -0.25) is 0 Å². The third-order valence-corrected chi connectivity index (χ3v) is 12.6. The highest BCUT2D eigenvalue weighted by Crippen LogP contribution is 2.24. The first kappa shape index (κ1) is 47.4. The van der Waals surface area contributed by atoms with Crippen molar-refractivity contribution in [3.8, 4) is 0 Å². The molecule has 0 aliphatic heterocycles. The van der Waals surface area contributed by atoms with Crippen LogP contribution in [0, 0.1) is 13.8 Å². The monoisotopic (exact) mass is 890 g/mol. The first-order chi connectivity index (χ1) is 28.6. The molecule has 18 heteroatoms. The Kier molecular flexibility index (Phi) is 18.1. The van der Waals surface area contributed by atoms with E-state index in [0.717, 1.165) is 60.7 Å². The molecule has 0 N–H and O–H groups in total. The van der Waals surface area contributed by atoms with E-state index in [4.69, 9.17) is 0 Å². The topological polar surface area (TPSA) is 178 Å². The van der Waals surface area contributed by atoms with Crippen molar-refractivity contribution in [1.29, 1.82) is 0 Å². The number of rotatable bonds is 15. The molecule has 0 aliphatic carbocycles. The van der Waals surface area contributed by atoms with Gasteiger partial charge in [-0.25, -0.2) is 26.0 Å². The number of unbranched alkanes of at least 4 members (excludes halogenated alkanes) is 1. The fourth-order valence-corrected chi connectivity index (χ4v) is 8.52. The SMILES string of the molecule is CC[n+]1ccsc1N=Nc1ccc(N(C)CCCCN(C)c2ccc(N=Nc3scc[n+]3CC)cc2)cc1.Cc1ccccc1S(=O)(=O)[O-].Cc1ccccc1S(=O)(=O)[O-]. The quantitative estimate of drug-likeness (QED) is 0.0424. The molecule has 0 fully saturated rings. The Balaban J connectivity index is 0.000000291. The Bertz CT molecular complexity index is 2360. The van der Waals surface area contributed by atoms with E-state index in [0.29, 0.717) is 11.1 Å². The van der Waals surface area contributed by atoms with E-state index >= 15 is 0 Å². The van der Waals surface area contributed by atoms with E-state index in [1.54, 1.807) is 60.8 Å². The zero-order chi connectivity index (χ0) is 43.7. The number of benzene rings is 4. The lowest BCUT2D eigenvalue weighted by Crippen LogP contribution is -2.28. The van der Waals surface area contributed by atoms with Crippen LogP contribution in [-0.4, -0.2) is 53.1 Å². The summed E-state index contributed by atoms with van der Waals surface area (Å²) in [5.74, 6) is 0. The Labute approximate surface area is 361 Å². The average Bonchev–Trinajstić information content (AvgIpc) is 3.90.